The monoisotopic (exact) mass is 350 g/mol. The SMILES string of the molecule is CCC(CSC)N(C)C(c1ccc(Br)s1)C(C)N. The van der Waals surface area contributed by atoms with Gasteiger partial charge in [-0.25, -0.2) is 0 Å². The van der Waals surface area contributed by atoms with Crippen LogP contribution in [0.1, 0.15) is 31.2 Å². The molecular weight excluding hydrogens is 328 g/mol. The number of halogens is 1. The van der Waals surface area contributed by atoms with Gasteiger partial charge in [0.15, 0.2) is 0 Å². The summed E-state index contributed by atoms with van der Waals surface area (Å²) in [6, 6.07) is 5.32. The highest BCUT2D eigenvalue weighted by atomic mass is 79.9. The minimum absolute atomic E-state index is 0.136. The first-order valence-corrected chi connectivity index (χ1v) is 9.23. The predicted octanol–water partition coefficient (Wildman–Crippen LogP) is 3.97. The summed E-state index contributed by atoms with van der Waals surface area (Å²) in [5.41, 5.74) is 6.21. The molecule has 0 aliphatic heterocycles. The van der Waals surface area contributed by atoms with Crippen molar-refractivity contribution in [3.05, 3.63) is 20.8 Å². The van der Waals surface area contributed by atoms with Crippen molar-refractivity contribution >= 4 is 39.0 Å². The fourth-order valence-corrected chi connectivity index (χ4v) is 4.81. The largest absolute Gasteiger partial charge is 0.326 e. The summed E-state index contributed by atoms with van der Waals surface area (Å²) in [6.45, 7) is 4.35. The molecule has 0 fully saturated rings. The molecule has 0 aliphatic rings. The van der Waals surface area contributed by atoms with Gasteiger partial charge >= 0.3 is 0 Å². The number of hydrogen-bond donors (Lipinski definition) is 1. The van der Waals surface area contributed by atoms with E-state index in [0.29, 0.717) is 12.1 Å². The van der Waals surface area contributed by atoms with E-state index in [0.717, 1.165) is 12.2 Å². The first-order chi connectivity index (χ1) is 8.51. The van der Waals surface area contributed by atoms with E-state index in [1.165, 1.54) is 8.66 Å². The number of thiophene rings is 1. The first-order valence-electron chi connectivity index (χ1n) is 6.22. The Kier molecular flexibility index (Phi) is 7.24. The van der Waals surface area contributed by atoms with Crippen molar-refractivity contribution in [3.63, 3.8) is 0 Å². The Balaban J connectivity index is 2.90. The highest BCUT2D eigenvalue weighted by Gasteiger charge is 2.27. The van der Waals surface area contributed by atoms with Crippen molar-refractivity contribution in [2.75, 3.05) is 19.1 Å². The predicted molar refractivity (Wildman–Crippen MR) is 88.6 cm³/mol. The fourth-order valence-electron chi connectivity index (χ4n) is 2.26. The Hall–Kier alpha value is 0.450. The lowest BCUT2D eigenvalue weighted by molar-refractivity contribution is 0.167. The maximum atomic E-state index is 6.21. The second kappa shape index (κ2) is 7.90. The molecule has 0 radical (unpaired) electrons. The van der Waals surface area contributed by atoms with Crippen molar-refractivity contribution in [2.45, 2.75) is 38.4 Å². The number of rotatable bonds is 7. The highest BCUT2D eigenvalue weighted by molar-refractivity contribution is 9.11. The molecule has 0 amide bonds. The van der Waals surface area contributed by atoms with E-state index >= 15 is 0 Å². The van der Waals surface area contributed by atoms with Crippen molar-refractivity contribution in [1.82, 2.24) is 4.90 Å². The summed E-state index contributed by atoms with van der Waals surface area (Å²) < 4.78 is 1.18. The maximum absolute atomic E-state index is 6.21. The second-order valence-electron chi connectivity index (χ2n) is 4.63. The first kappa shape index (κ1) is 16.5. The van der Waals surface area contributed by atoms with Crippen LogP contribution in [-0.4, -0.2) is 36.0 Å². The lowest BCUT2D eigenvalue weighted by atomic mass is 10.0. The number of thioether (sulfide) groups is 1. The van der Waals surface area contributed by atoms with Crippen molar-refractivity contribution in [2.24, 2.45) is 5.73 Å². The summed E-state index contributed by atoms with van der Waals surface area (Å²) in [6.07, 6.45) is 3.33. The van der Waals surface area contributed by atoms with Gasteiger partial charge in [-0.05, 0) is 54.7 Å². The average molecular weight is 351 g/mol. The molecule has 2 nitrogen and oxygen atoms in total. The molecule has 1 aromatic rings. The molecule has 2 N–H and O–H groups in total. The summed E-state index contributed by atoms with van der Waals surface area (Å²) in [5.74, 6) is 1.16. The molecule has 1 rings (SSSR count). The molecule has 0 aliphatic carbocycles. The minimum atomic E-state index is 0.136. The van der Waals surface area contributed by atoms with Crippen molar-refractivity contribution in [1.29, 1.82) is 0 Å². The molecule has 0 spiro atoms. The van der Waals surface area contributed by atoms with Crippen LogP contribution < -0.4 is 5.73 Å². The van der Waals surface area contributed by atoms with Crippen LogP contribution >= 0.6 is 39.0 Å². The van der Waals surface area contributed by atoms with E-state index in [1.807, 2.05) is 11.8 Å². The van der Waals surface area contributed by atoms with Gasteiger partial charge in [0.2, 0.25) is 0 Å². The van der Waals surface area contributed by atoms with Crippen LogP contribution in [0.25, 0.3) is 0 Å². The quantitative estimate of drug-likeness (QED) is 0.806. The molecule has 104 valence electrons. The van der Waals surface area contributed by atoms with Gasteiger partial charge in [-0.1, -0.05) is 6.92 Å². The molecule has 18 heavy (non-hydrogen) atoms. The summed E-state index contributed by atoms with van der Waals surface area (Å²) >= 11 is 7.23. The average Bonchev–Trinajstić information content (AvgIpc) is 2.72. The van der Waals surface area contributed by atoms with Gasteiger partial charge in [0.25, 0.3) is 0 Å². The Morgan fingerprint density at radius 2 is 2.17 bits per heavy atom. The van der Waals surface area contributed by atoms with Gasteiger partial charge in [0, 0.05) is 22.7 Å². The van der Waals surface area contributed by atoms with Crippen LogP contribution in [0.2, 0.25) is 0 Å². The minimum Gasteiger partial charge on any atom is -0.326 e. The van der Waals surface area contributed by atoms with Gasteiger partial charge < -0.3 is 5.73 Å². The van der Waals surface area contributed by atoms with Crippen LogP contribution in [0, 0.1) is 0 Å². The van der Waals surface area contributed by atoms with Gasteiger partial charge in [-0.15, -0.1) is 11.3 Å². The summed E-state index contributed by atoms with van der Waals surface area (Å²) in [4.78, 5) is 3.79. The number of nitrogens with zero attached hydrogens (tertiary/aromatic N) is 1. The van der Waals surface area contributed by atoms with E-state index in [2.05, 4.69) is 60.1 Å². The Labute approximate surface area is 127 Å². The highest BCUT2D eigenvalue weighted by Crippen LogP contribution is 2.33. The van der Waals surface area contributed by atoms with Crippen molar-refractivity contribution < 1.29 is 0 Å². The van der Waals surface area contributed by atoms with E-state index < -0.39 is 0 Å². The zero-order valence-corrected chi connectivity index (χ0v) is 14.7. The summed E-state index contributed by atoms with van der Waals surface area (Å²) in [5, 5.41) is 0. The zero-order chi connectivity index (χ0) is 13.7. The fraction of sp³-hybridized carbons (Fsp3) is 0.692. The smallest absolute Gasteiger partial charge is 0.0702 e. The number of hydrogen-bond acceptors (Lipinski definition) is 4. The summed E-state index contributed by atoms with van der Waals surface area (Å²) in [7, 11) is 2.20. The van der Waals surface area contributed by atoms with Crippen LogP contribution in [0.5, 0.6) is 0 Å². The van der Waals surface area contributed by atoms with Crippen LogP contribution in [-0.2, 0) is 0 Å². The van der Waals surface area contributed by atoms with Crippen LogP contribution in [0.4, 0.5) is 0 Å². The zero-order valence-electron chi connectivity index (χ0n) is 11.5. The molecule has 3 atom stereocenters. The molecule has 3 unspecified atom stereocenters. The van der Waals surface area contributed by atoms with Crippen LogP contribution in [0.3, 0.4) is 0 Å². The number of likely N-dealkylation sites (N-methyl/N-ethyl adjacent to an activating group) is 1. The molecule has 5 heteroatoms. The molecular formula is C13H23BrN2S2. The lowest BCUT2D eigenvalue weighted by Crippen LogP contribution is -2.43. The van der Waals surface area contributed by atoms with Gasteiger partial charge in [-0.3, -0.25) is 4.90 Å². The van der Waals surface area contributed by atoms with E-state index in [-0.39, 0.29) is 6.04 Å². The normalized spacial score (nSPS) is 16.8. The Bertz CT molecular complexity index is 355. The van der Waals surface area contributed by atoms with Crippen LogP contribution in [0.15, 0.2) is 15.9 Å². The molecule has 0 saturated carbocycles. The third kappa shape index (κ3) is 4.23. The van der Waals surface area contributed by atoms with Gasteiger partial charge in [0.1, 0.15) is 0 Å². The topological polar surface area (TPSA) is 29.3 Å². The third-order valence-electron chi connectivity index (χ3n) is 3.23. The molecule has 0 saturated heterocycles. The molecule has 0 bridgehead atoms. The molecule has 0 aromatic carbocycles. The van der Waals surface area contributed by atoms with E-state index in [9.17, 15) is 0 Å². The van der Waals surface area contributed by atoms with E-state index in [1.54, 1.807) is 11.3 Å². The van der Waals surface area contributed by atoms with Gasteiger partial charge in [0.05, 0.1) is 9.83 Å². The molecule has 1 heterocycles. The standard InChI is InChI=1S/C13H23BrN2S2/c1-5-10(8-17-4)16(3)13(9(2)15)11-6-7-12(14)18-11/h6-7,9-10,13H,5,8,15H2,1-4H3. The third-order valence-corrected chi connectivity index (χ3v) is 5.64. The Morgan fingerprint density at radius 1 is 1.50 bits per heavy atom. The Morgan fingerprint density at radius 3 is 2.56 bits per heavy atom. The maximum Gasteiger partial charge on any atom is 0.0702 e. The van der Waals surface area contributed by atoms with Crippen molar-refractivity contribution in [3.8, 4) is 0 Å². The second-order valence-corrected chi connectivity index (χ2v) is 8.03. The number of nitrogens with two attached hydrogens (primary N) is 1. The molecule has 1 aromatic heterocycles. The van der Waals surface area contributed by atoms with Gasteiger partial charge in [-0.2, -0.15) is 11.8 Å². The van der Waals surface area contributed by atoms with E-state index in [4.69, 9.17) is 5.73 Å². The lowest BCUT2D eigenvalue weighted by Gasteiger charge is -2.36.